The van der Waals surface area contributed by atoms with E-state index in [0.717, 1.165) is 12.1 Å². The van der Waals surface area contributed by atoms with Gasteiger partial charge in [-0.25, -0.2) is 4.79 Å². The van der Waals surface area contributed by atoms with Crippen LogP contribution in [-0.4, -0.2) is 47.3 Å². The molecule has 6 nitrogen and oxygen atoms in total. The van der Waals surface area contributed by atoms with E-state index in [2.05, 4.69) is 15.2 Å². The number of nitrogens with two attached hydrogens (primary N) is 1. The number of nitrogens with one attached hydrogen (secondary N) is 1. The number of ether oxygens (including phenoxy) is 1. The van der Waals surface area contributed by atoms with Crippen molar-refractivity contribution in [3.63, 3.8) is 0 Å². The first kappa shape index (κ1) is 18.4. The standard InChI is InChI=1S/C16H28N4O2/c1-12(19-15(21)22-16(2,3)4)14(10-17)20(5)11-13-6-8-18-9-7-13/h6-9,12,14H,10-11,17H2,1-5H3,(H,19,21). The van der Waals surface area contributed by atoms with Gasteiger partial charge in [0.15, 0.2) is 0 Å². The van der Waals surface area contributed by atoms with Crippen LogP contribution in [0, 0.1) is 0 Å². The average molecular weight is 308 g/mol. The van der Waals surface area contributed by atoms with Gasteiger partial charge >= 0.3 is 6.09 Å². The highest BCUT2D eigenvalue weighted by atomic mass is 16.6. The van der Waals surface area contributed by atoms with E-state index < -0.39 is 11.7 Å². The lowest BCUT2D eigenvalue weighted by molar-refractivity contribution is 0.0476. The Bertz CT molecular complexity index is 459. The molecular weight excluding hydrogens is 280 g/mol. The molecule has 0 fully saturated rings. The average Bonchev–Trinajstić information content (AvgIpc) is 2.38. The fraction of sp³-hybridized carbons (Fsp3) is 0.625. The lowest BCUT2D eigenvalue weighted by Gasteiger charge is -2.33. The van der Waals surface area contributed by atoms with Crippen LogP contribution in [0.1, 0.15) is 33.3 Å². The zero-order valence-electron chi connectivity index (χ0n) is 14.2. The fourth-order valence-corrected chi connectivity index (χ4v) is 2.25. The smallest absolute Gasteiger partial charge is 0.407 e. The molecule has 3 N–H and O–H groups in total. The third-order valence-electron chi connectivity index (χ3n) is 3.31. The summed E-state index contributed by atoms with van der Waals surface area (Å²) < 4.78 is 5.28. The highest BCUT2D eigenvalue weighted by molar-refractivity contribution is 5.68. The van der Waals surface area contributed by atoms with E-state index in [4.69, 9.17) is 10.5 Å². The molecule has 0 aliphatic heterocycles. The van der Waals surface area contributed by atoms with Gasteiger partial charge in [-0.05, 0) is 52.4 Å². The summed E-state index contributed by atoms with van der Waals surface area (Å²) in [5.41, 5.74) is 6.53. The molecule has 1 aromatic rings. The Kier molecular flexibility index (Phi) is 6.77. The predicted molar refractivity (Wildman–Crippen MR) is 87.4 cm³/mol. The first-order chi connectivity index (χ1) is 10.2. The van der Waals surface area contributed by atoms with Crippen molar-refractivity contribution in [1.29, 1.82) is 0 Å². The molecule has 22 heavy (non-hydrogen) atoms. The third kappa shape index (κ3) is 6.41. The van der Waals surface area contributed by atoms with Gasteiger partial charge in [-0.1, -0.05) is 0 Å². The summed E-state index contributed by atoms with van der Waals surface area (Å²) in [5.74, 6) is 0. The van der Waals surface area contributed by atoms with E-state index >= 15 is 0 Å². The Labute approximate surface area is 133 Å². The van der Waals surface area contributed by atoms with Crippen LogP contribution in [0.15, 0.2) is 24.5 Å². The minimum atomic E-state index is -0.509. The molecule has 6 heteroatoms. The summed E-state index contributed by atoms with van der Waals surface area (Å²) in [7, 11) is 1.99. The second-order valence-electron chi connectivity index (χ2n) is 6.51. The number of hydrogen-bond acceptors (Lipinski definition) is 5. The number of likely N-dealkylation sites (N-methyl/N-ethyl adjacent to an activating group) is 1. The molecule has 0 aliphatic carbocycles. The predicted octanol–water partition coefficient (Wildman–Crippen LogP) is 1.75. The van der Waals surface area contributed by atoms with Gasteiger partial charge in [0.1, 0.15) is 5.60 Å². The maximum atomic E-state index is 11.9. The lowest BCUT2D eigenvalue weighted by Crippen LogP contribution is -2.53. The van der Waals surface area contributed by atoms with Crippen molar-refractivity contribution in [2.45, 2.75) is 51.9 Å². The summed E-state index contributed by atoms with van der Waals surface area (Å²) in [6.07, 6.45) is 3.11. The second kappa shape index (κ2) is 8.10. The van der Waals surface area contributed by atoms with Gasteiger partial charge < -0.3 is 15.8 Å². The number of nitrogens with zero attached hydrogens (tertiary/aromatic N) is 2. The molecule has 0 saturated carbocycles. The van der Waals surface area contributed by atoms with Gasteiger partial charge in [0.25, 0.3) is 0 Å². The van der Waals surface area contributed by atoms with Crippen LogP contribution in [-0.2, 0) is 11.3 Å². The third-order valence-corrected chi connectivity index (χ3v) is 3.31. The highest BCUT2D eigenvalue weighted by Crippen LogP contribution is 2.10. The molecule has 124 valence electrons. The van der Waals surface area contributed by atoms with Crippen LogP contribution in [0.25, 0.3) is 0 Å². The van der Waals surface area contributed by atoms with E-state index in [-0.39, 0.29) is 12.1 Å². The van der Waals surface area contributed by atoms with Crippen LogP contribution in [0.3, 0.4) is 0 Å². The van der Waals surface area contributed by atoms with Crippen LogP contribution < -0.4 is 11.1 Å². The van der Waals surface area contributed by atoms with Gasteiger partial charge in [-0.3, -0.25) is 9.88 Å². The van der Waals surface area contributed by atoms with Crippen molar-refractivity contribution in [3.05, 3.63) is 30.1 Å². The van der Waals surface area contributed by atoms with Gasteiger partial charge in [-0.2, -0.15) is 0 Å². The Balaban J connectivity index is 2.60. The molecular formula is C16H28N4O2. The van der Waals surface area contributed by atoms with Crippen molar-refractivity contribution in [1.82, 2.24) is 15.2 Å². The minimum absolute atomic E-state index is 0.0145. The van der Waals surface area contributed by atoms with Crippen molar-refractivity contribution in [2.75, 3.05) is 13.6 Å². The molecule has 0 bridgehead atoms. The molecule has 1 rings (SSSR count). The van der Waals surface area contributed by atoms with E-state index in [1.165, 1.54) is 0 Å². The number of alkyl carbamates (subject to hydrolysis) is 1. The van der Waals surface area contributed by atoms with Gasteiger partial charge in [0, 0.05) is 37.6 Å². The number of pyridine rings is 1. The summed E-state index contributed by atoms with van der Waals surface area (Å²) in [6.45, 7) is 8.64. The molecule has 1 amide bonds. The van der Waals surface area contributed by atoms with E-state index in [0.29, 0.717) is 6.54 Å². The number of hydrogen-bond donors (Lipinski definition) is 2. The molecule has 2 unspecified atom stereocenters. The monoisotopic (exact) mass is 308 g/mol. The molecule has 0 saturated heterocycles. The SMILES string of the molecule is CC(NC(=O)OC(C)(C)C)C(CN)N(C)Cc1ccncc1. The van der Waals surface area contributed by atoms with Gasteiger partial charge in [-0.15, -0.1) is 0 Å². The summed E-state index contributed by atoms with van der Waals surface area (Å²) in [4.78, 5) is 18.0. The zero-order valence-corrected chi connectivity index (χ0v) is 14.2. The Hall–Kier alpha value is -1.66. The van der Waals surface area contributed by atoms with Crippen molar-refractivity contribution < 1.29 is 9.53 Å². The topological polar surface area (TPSA) is 80.5 Å². The maximum Gasteiger partial charge on any atom is 0.407 e. The van der Waals surface area contributed by atoms with E-state index in [1.54, 1.807) is 12.4 Å². The summed E-state index contributed by atoms with van der Waals surface area (Å²) in [6, 6.07) is 3.83. The molecule has 2 atom stereocenters. The molecule has 0 radical (unpaired) electrons. The zero-order chi connectivity index (χ0) is 16.8. The minimum Gasteiger partial charge on any atom is -0.444 e. The first-order valence-corrected chi connectivity index (χ1v) is 7.51. The summed E-state index contributed by atoms with van der Waals surface area (Å²) in [5, 5.41) is 2.86. The van der Waals surface area contributed by atoms with Crippen molar-refractivity contribution in [3.8, 4) is 0 Å². The largest absolute Gasteiger partial charge is 0.444 e. The molecule has 0 aromatic carbocycles. The van der Waals surface area contributed by atoms with Crippen LogP contribution in [0.5, 0.6) is 0 Å². The Morgan fingerprint density at radius 3 is 2.50 bits per heavy atom. The Morgan fingerprint density at radius 1 is 1.41 bits per heavy atom. The van der Waals surface area contributed by atoms with Crippen molar-refractivity contribution in [2.24, 2.45) is 5.73 Å². The molecule has 1 heterocycles. The lowest BCUT2D eigenvalue weighted by atomic mass is 10.1. The van der Waals surface area contributed by atoms with E-state index in [9.17, 15) is 4.79 Å². The molecule has 1 aromatic heterocycles. The number of rotatable bonds is 6. The normalized spacial score (nSPS) is 14.5. The second-order valence-corrected chi connectivity index (χ2v) is 6.51. The van der Waals surface area contributed by atoms with Crippen LogP contribution >= 0.6 is 0 Å². The molecule has 0 spiro atoms. The van der Waals surface area contributed by atoms with Gasteiger partial charge in [0.2, 0.25) is 0 Å². The fourth-order valence-electron chi connectivity index (χ4n) is 2.25. The van der Waals surface area contributed by atoms with Gasteiger partial charge in [0.05, 0.1) is 0 Å². The molecule has 0 aliphatic rings. The number of carbonyl (C=O) groups is 1. The quantitative estimate of drug-likeness (QED) is 0.837. The highest BCUT2D eigenvalue weighted by Gasteiger charge is 2.24. The first-order valence-electron chi connectivity index (χ1n) is 7.51. The van der Waals surface area contributed by atoms with E-state index in [1.807, 2.05) is 46.9 Å². The summed E-state index contributed by atoms with van der Waals surface area (Å²) >= 11 is 0. The number of carbonyl (C=O) groups excluding carboxylic acids is 1. The number of aromatic nitrogens is 1. The van der Waals surface area contributed by atoms with Crippen molar-refractivity contribution >= 4 is 6.09 Å². The maximum absolute atomic E-state index is 11.9. The van der Waals surface area contributed by atoms with Crippen LogP contribution in [0.4, 0.5) is 4.79 Å². The Morgan fingerprint density at radius 2 is 2.00 bits per heavy atom. The number of amides is 1. The van der Waals surface area contributed by atoms with Crippen LogP contribution in [0.2, 0.25) is 0 Å².